The van der Waals surface area contributed by atoms with E-state index >= 15 is 0 Å². The second kappa shape index (κ2) is 9.39. The maximum atomic E-state index is 12.7. The molecular formula is C26H29N7OS2. The number of likely N-dealkylation sites (tertiary alicyclic amines) is 1. The summed E-state index contributed by atoms with van der Waals surface area (Å²) in [4.78, 5) is 21.0. The Hall–Kier alpha value is -2.56. The predicted molar refractivity (Wildman–Crippen MR) is 142 cm³/mol. The van der Waals surface area contributed by atoms with Gasteiger partial charge >= 0.3 is 0 Å². The molecule has 0 unspecified atom stereocenters. The number of carbonyl (C=O) groups excluding carboxylic acids is 1. The lowest BCUT2D eigenvalue weighted by Gasteiger charge is -2.31. The lowest BCUT2D eigenvalue weighted by molar-refractivity contribution is -0.117. The third-order valence-corrected chi connectivity index (χ3v) is 9.32. The van der Waals surface area contributed by atoms with E-state index in [1.165, 1.54) is 43.6 Å². The number of aromatic nitrogens is 5. The van der Waals surface area contributed by atoms with Gasteiger partial charge in [0.25, 0.3) is 0 Å². The molecule has 2 aliphatic carbocycles. The third kappa shape index (κ3) is 4.99. The number of piperidine rings is 1. The standard InChI is InChI=1S/C26H29N7OS2/c34-24(13-16-9-11-32(12-10-16)15-17-1-2-17)28-25-27-21-6-5-19(14-22(21)36-25)35-26-30-29-23-8-7-20(18-3-4-18)31-33(23)26/h5-8,14,16-18H,1-4,9-13,15H2,(H,27,28,34). The molecule has 0 atom stereocenters. The topological polar surface area (TPSA) is 88.3 Å². The van der Waals surface area contributed by atoms with E-state index in [9.17, 15) is 4.79 Å². The molecule has 3 aliphatic rings. The van der Waals surface area contributed by atoms with Crippen molar-refractivity contribution in [2.45, 2.75) is 60.9 Å². The molecule has 7 rings (SSSR count). The first kappa shape index (κ1) is 22.6. The Kier molecular flexibility index (Phi) is 5.90. The maximum Gasteiger partial charge on any atom is 0.226 e. The van der Waals surface area contributed by atoms with Gasteiger partial charge < -0.3 is 10.2 Å². The summed E-state index contributed by atoms with van der Waals surface area (Å²) in [6.45, 7) is 3.53. The molecule has 2 saturated carbocycles. The van der Waals surface area contributed by atoms with E-state index < -0.39 is 0 Å². The molecule has 186 valence electrons. The van der Waals surface area contributed by atoms with Crippen LogP contribution in [-0.4, -0.2) is 55.2 Å². The Morgan fingerprint density at radius 3 is 2.69 bits per heavy atom. The number of anilines is 1. The fourth-order valence-corrected chi connectivity index (χ4v) is 6.86. The van der Waals surface area contributed by atoms with Crippen LogP contribution in [0.2, 0.25) is 0 Å². The number of benzene rings is 1. The minimum Gasteiger partial charge on any atom is -0.303 e. The zero-order chi connectivity index (χ0) is 24.1. The number of rotatable bonds is 8. The summed E-state index contributed by atoms with van der Waals surface area (Å²) in [6.07, 6.45) is 8.06. The van der Waals surface area contributed by atoms with E-state index in [0.717, 1.165) is 63.5 Å². The molecule has 0 bridgehead atoms. The van der Waals surface area contributed by atoms with Gasteiger partial charge in [0.05, 0.1) is 15.9 Å². The first-order chi connectivity index (χ1) is 17.7. The molecule has 1 amide bonds. The van der Waals surface area contributed by atoms with Crippen LogP contribution >= 0.6 is 23.1 Å². The molecule has 1 aliphatic heterocycles. The molecule has 1 aromatic carbocycles. The van der Waals surface area contributed by atoms with Crippen molar-refractivity contribution in [3.05, 3.63) is 36.0 Å². The van der Waals surface area contributed by atoms with E-state index in [1.807, 2.05) is 22.7 Å². The molecule has 0 radical (unpaired) electrons. The van der Waals surface area contributed by atoms with Crippen LogP contribution in [0.15, 0.2) is 40.4 Å². The van der Waals surface area contributed by atoms with Crippen molar-refractivity contribution < 1.29 is 4.79 Å². The summed E-state index contributed by atoms with van der Waals surface area (Å²) < 4.78 is 2.89. The summed E-state index contributed by atoms with van der Waals surface area (Å²) in [5, 5.41) is 17.9. The highest BCUT2D eigenvalue weighted by atomic mass is 32.2. The summed E-state index contributed by atoms with van der Waals surface area (Å²) in [7, 11) is 0. The van der Waals surface area contributed by atoms with Gasteiger partial charge in [-0.2, -0.15) is 9.61 Å². The predicted octanol–water partition coefficient (Wildman–Crippen LogP) is 5.21. The lowest BCUT2D eigenvalue weighted by atomic mass is 9.93. The largest absolute Gasteiger partial charge is 0.303 e. The van der Waals surface area contributed by atoms with Crippen LogP contribution in [0.1, 0.15) is 56.6 Å². The number of nitrogens with zero attached hydrogens (tertiary/aromatic N) is 6. The Labute approximate surface area is 217 Å². The first-order valence-corrected chi connectivity index (χ1v) is 14.6. The molecule has 10 heteroatoms. The zero-order valence-corrected chi connectivity index (χ0v) is 21.7. The Morgan fingerprint density at radius 1 is 1.03 bits per heavy atom. The average Bonchev–Trinajstić information content (AvgIpc) is 3.81. The number of amides is 1. The van der Waals surface area contributed by atoms with Gasteiger partial charge in [0.15, 0.2) is 10.8 Å². The smallest absolute Gasteiger partial charge is 0.226 e. The van der Waals surface area contributed by atoms with Crippen LogP contribution in [0.3, 0.4) is 0 Å². The quantitative estimate of drug-likeness (QED) is 0.342. The molecular weight excluding hydrogens is 490 g/mol. The van der Waals surface area contributed by atoms with Gasteiger partial charge in [0.1, 0.15) is 0 Å². The van der Waals surface area contributed by atoms with Crippen molar-refractivity contribution in [3.8, 4) is 0 Å². The van der Waals surface area contributed by atoms with Crippen LogP contribution in [-0.2, 0) is 4.79 Å². The van der Waals surface area contributed by atoms with Crippen molar-refractivity contribution in [3.63, 3.8) is 0 Å². The van der Waals surface area contributed by atoms with Crippen LogP contribution in [0, 0.1) is 11.8 Å². The van der Waals surface area contributed by atoms with Crippen LogP contribution in [0.25, 0.3) is 15.9 Å². The van der Waals surface area contributed by atoms with E-state index in [0.29, 0.717) is 23.4 Å². The third-order valence-electron chi connectivity index (χ3n) is 7.46. The highest BCUT2D eigenvalue weighted by molar-refractivity contribution is 7.99. The van der Waals surface area contributed by atoms with Crippen LogP contribution in [0.5, 0.6) is 0 Å². The van der Waals surface area contributed by atoms with Gasteiger partial charge in [-0.1, -0.05) is 11.3 Å². The van der Waals surface area contributed by atoms with Crippen molar-refractivity contribution in [2.75, 3.05) is 25.0 Å². The molecule has 3 fully saturated rings. The van der Waals surface area contributed by atoms with Gasteiger partial charge in [-0.05, 0) is 106 Å². The monoisotopic (exact) mass is 519 g/mol. The summed E-state index contributed by atoms with van der Waals surface area (Å²) in [6, 6.07) is 10.2. The number of fused-ring (bicyclic) bond motifs is 2. The van der Waals surface area contributed by atoms with E-state index in [4.69, 9.17) is 5.10 Å². The molecule has 1 saturated heterocycles. The molecule has 0 spiro atoms. The van der Waals surface area contributed by atoms with Crippen LogP contribution in [0.4, 0.5) is 5.13 Å². The van der Waals surface area contributed by atoms with Crippen molar-refractivity contribution in [1.29, 1.82) is 0 Å². The van der Waals surface area contributed by atoms with Gasteiger partial charge in [-0.25, -0.2) is 4.98 Å². The average molecular weight is 520 g/mol. The first-order valence-electron chi connectivity index (χ1n) is 13.0. The van der Waals surface area contributed by atoms with Crippen LogP contribution < -0.4 is 5.32 Å². The van der Waals surface area contributed by atoms with E-state index in [-0.39, 0.29) is 5.91 Å². The molecule has 3 aromatic heterocycles. The number of hydrogen-bond donors (Lipinski definition) is 1. The second-order valence-electron chi connectivity index (χ2n) is 10.5. The highest BCUT2D eigenvalue weighted by Gasteiger charge is 2.28. The number of carbonyl (C=O) groups is 1. The number of nitrogens with one attached hydrogen (secondary N) is 1. The minimum absolute atomic E-state index is 0.0803. The molecule has 4 heterocycles. The molecule has 4 aromatic rings. The summed E-state index contributed by atoms with van der Waals surface area (Å²) >= 11 is 3.07. The van der Waals surface area contributed by atoms with Crippen molar-refractivity contribution in [2.24, 2.45) is 11.8 Å². The Morgan fingerprint density at radius 2 is 1.89 bits per heavy atom. The molecule has 1 N–H and O–H groups in total. The summed E-state index contributed by atoms with van der Waals surface area (Å²) in [5.41, 5.74) is 2.78. The van der Waals surface area contributed by atoms with Gasteiger partial charge in [-0.3, -0.25) is 4.79 Å². The SMILES string of the molecule is O=C(CC1CCN(CC2CC2)CC1)Nc1nc2ccc(Sc3nnc4ccc(C5CC5)nn34)cc2s1. The Bertz CT molecular complexity index is 1420. The number of thiazole rings is 1. The maximum absolute atomic E-state index is 12.7. The van der Waals surface area contributed by atoms with Gasteiger partial charge in [0.2, 0.25) is 11.1 Å². The highest BCUT2D eigenvalue weighted by Crippen LogP contribution is 2.39. The fourth-order valence-electron chi connectivity index (χ4n) is 5.04. The zero-order valence-electron chi connectivity index (χ0n) is 20.1. The van der Waals surface area contributed by atoms with E-state index in [1.54, 1.807) is 11.8 Å². The lowest BCUT2D eigenvalue weighted by Crippen LogP contribution is -2.36. The number of hydrogen-bond acceptors (Lipinski definition) is 8. The second-order valence-corrected chi connectivity index (χ2v) is 12.5. The van der Waals surface area contributed by atoms with Gasteiger partial charge in [-0.15, -0.1) is 10.2 Å². The summed E-state index contributed by atoms with van der Waals surface area (Å²) in [5.74, 6) is 2.08. The van der Waals surface area contributed by atoms with E-state index in [2.05, 4.69) is 37.5 Å². The molecule has 36 heavy (non-hydrogen) atoms. The minimum atomic E-state index is 0.0803. The normalized spacial score (nSPS) is 19.3. The Balaban J connectivity index is 0.991. The molecule has 8 nitrogen and oxygen atoms in total. The fraction of sp³-hybridized carbons (Fsp3) is 0.500. The van der Waals surface area contributed by atoms with Crippen molar-refractivity contribution in [1.82, 2.24) is 29.7 Å². The van der Waals surface area contributed by atoms with Crippen molar-refractivity contribution >= 4 is 50.0 Å². The van der Waals surface area contributed by atoms with Gasteiger partial charge in [0, 0.05) is 23.8 Å².